The van der Waals surface area contributed by atoms with E-state index in [1.807, 2.05) is 80.6 Å². The van der Waals surface area contributed by atoms with Crippen molar-refractivity contribution < 1.29 is 8.42 Å². The van der Waals surface area contributed by atoms with E-state index in [9.17, 15) is 8.42 Å². The zero-order chi connectivity index (χ0) is 37.8. The van der Waals surface area contributed by atoms with Crippen molar-refractivity contribution in [3.63, 3.8) is 0 Å². The first-order valence-corrected chi connectivity index (χ1v) is 22.1. The number of allylic oxidation sites excluding steroid dienone is 5. The van der Waals surface area contributed by atoms with Gasteiger partial charge in [-0.25, -0.2) is 8.42 Å². The Hall–Kier alpha value is -2.63. The number of thiol groups is 3. The highest BCUT2D eigenvalue weighted by atomic mass is 32.2. The Morgan fingerprint density at radius 1 is 0.519 bits per heavy atom. The third-order valence-electron chi connectivity index (χ3n) is 6.78. The van der Waals surface area contributed by atoms with E-state index in [0.717, 1.165) is 37.3 Å². The predicted octanol–water partition coefficient (Wildman–Crippen LogP) is 14.7. The lowest BCUT2D eigenvalue weighted by atomic mass is 10.2. The number of rotatable bonds is 8. The molecule has 52 heavy (non-hydrogen) atoms. The van der Waals surface area contributed by atoms with Crippen LogP contribution in [0.25, 0.3) is 0 Å². The largest absolute Gasteiger partial charge is 0.219 e. The van der Waals surface area contributed by atoms with Crippen LogP contribution in [0.3, 0.4) is 0 Å². The van der Waals surface area contributed by atoms with Gasteiger partial charge in [0.2, 0.25) is 9.84 Å². The lowest BCUT2D eigenvalue weighted by molar-refractivity contribution is 0.602. The summed E-state index contributed by atoms with van der Waals surface area (Å²) in [6.07, 6.45) is 12.3. The zero-order valence-electron chi connectivity index (χ0n) is 29.8. The molecule has 0 bridgehead atoms. The molecule has 0 radical (unpaired) electrons. The van der Waals surface area contributed by atoms with E-state index in [0.29, 0.717) is 9.80 Å². The van der Waals surface area contributed by atoms with Gasteiger partial charge in [-0.2, -0.15) is 0 Å². The predicted molar refractivity (Wildman–Crippen MR) is 236 cm³/mol. The minimum Gasteiger partial charge on any atom is -0.219 e. The maximum atomic E-state index is 12.7. The van der Waals surface area contributed by atoms with E-state index in [2.05, 4.69) is 112 Å². The standard InChI is InChI=1S/C24H20O2S4.C12H10S3.C4H8.C3H8/c25-30(26,23-4-2-1-3-5-23)24-16-14-22(15-17-24)29-21-12-10-20(11-13-21)28-19-8-6-18(27)7-9-19;13-9-1-5-11(6-2-9)15-12-7-3-10(14)4-8-12;1-3-4-2;1-3-2/h2,4-17,27H,1,3H2;1-8,13-14H;3-4H,1-2H3;3H2,1-2H3. The van der Waals surface area contributed by atoms with Crippen molar-refractivity contribution in [1.29, 1.82) is 0 Å². The summed E-state index contributed by atoms with van der Waals surface area (Å²) < 4.78 is 25.5. The molecule has 0 saturated carbocycles. The van der Waals surface area contributed by atoms with E-state index < -0.39 is 9.84 Å². The van der Waals surface area contributed by atoms with E-state index >= 15 is 0 Å². The Morgan fingerprint density at radius 2 is 0.808 bits per heavy atom. The lowest BCUT2D eigenvalue weighted by Gasteiger charge is -2.09. The van der Waals surface area contributed by atoms with Gasteiger partial charge in [-0.1, -0.05) is 79.9 Å². The van der Waals surface area contributed by atoms with Gasteiger partial charge in [0, 0.05) is 44.1 Å². The van der Waals surface area contributed by atoms with Gasteiger partial charge in [0.1, 0.15) is 0 Å². The van der Waals surface area contributed by atoms with Crippen LogP contribution in [0.1, 0.15) is 47.0 Å². The molecule has 2 nitrogen and oxygen atoms in total. The molecule has 6 rings (SSSR count). The molecule has 5 aromatic rings. The highest BCUT2D eigenvalue weighted by Gasteiger charge is 2.19. The highest BCUT2D eigenvalue weighted by Crippen LogP contribution is 2.34. The van der Waals surface area contributed by atoms with Gasteiger partial charge in [0.15, 0.2) is 0 Å². The number of sulfone groups is 1. The fourth-order valence-electron chi connectivity index (χ4n) is 4.14. The molecule has 272 valence electrons. The molecular weight excluding hydrogens is 773 g/mol. The van der Waals surface area contributed by atoms with Crippen LogP contribution in [-0.2, 0) is 9.84 Å². The molecule has 0 spiro atoms. The van der Waals surface area contributed by atoms with E-state index in [4.69, 9.17) is 0 Å². The van der Waals surface area contributed by atoms with Gasteiger partial charge in [0.05, 0.1) is 9.80 Å². The van der Waals surface area contributed by atoms with Gasteiger partial charge in [-0.05, 0) is 154 Å². The second kappa shape index (κ2) is 23.9. The Labute approximate surface area is 341 Å². The van der Waals surface area contributed by atoms with Crippen LogP contribution in [0.2, 0.25) is 0 Å². The van der Waals surface area contributed by atoms with Gasteiger partial charge >= 0.3 is 0 Å². The van der Waals surface area contributed by atoms with Crippen LogP contribution in [0.15, 0.2) is 206 Å². The summed E-state index contributed by atoms with van der Waals surface area (Å²) >= 11 is 17.9. The molecule has 0 fully saturated rings. The van der Waals surface area contributed by atoms with Gasteiger partial charge < -0.3 is 0 Å². The van der Waals surface area contributed by atoms with Crippen molar-refractivity contribution >= 4 is 83.0 Å². The van der Waals surface area contributed by atoms with E-state index in [1.54, 1.807) is 59.6 Å². The minimum atomic E-state index is -3.43. The molecule has 9 heteroatoms. The molecule has 0 amide bonds. The maximum Gasteiger partial charge on any atom is 0.206 e. The molecule has 0 unspecified atom stereocenters. The first-order valence-electron chi connectivity index (χ1n) is 16.9. The smallest absolute Gasteiger partial charge is 0.206 e. The fourth-order valence-corrected chi connectivity index (χ4v) is 8.41. The van der Waals surface area contributed by atoms with Crippen molar-refractivity contribution in [2.24, 2.45) is 0 Å². The molecule has 0 N–H and O–H groups in total. The summed E-state index contributed by atoms with van der Waals surface area (Å²) in [5.74, 6) is 0. The number of hydrogen-bond donors (Lipinski definition) is 3. The summed E-state index contributed by atoms with van der Waals surface area (Å²) in [6.45, 7) is 8.25. The molecule has 0 saturated heterocycles. The van der Waals surface area contributed by atoms with Crippen molar-refractivity contribution in [3.8, 4) is 0 Å². The quantitative estimate of drug-likeness (QED) is 0.107. The van der Waals surface area contributed by atoms with Crippen molar-refractivity contribution in [2.45, 2.75) is 95.9 Å². The van der Waals surface area contributed by atoms with Crippen LogP contribution in [-0.4, -0.2) is 8.42 Å². The van der Waals surface area contributed by atoms with Crippen LogP contribution in [0, 0.1) is 0 Å². The normalized spacial score (nSPS) is 12.0. The minimum absolute atomic E-state index is 0.337. The second-order valence-corrected chi connectivity index (χ2v) is 18.1. The van der Waals surface area contributed by atoms with Crippen LogP contribution < -0.4 is 0 Å². The average molecular weight is 819 g/mol. The molecule has 0 aromatic heterocycles. The molecule has 0 atom stereocenters. The molecule has 1 aliphatic carbocycles. The summed E-state index contributed by atoms with van der Waals surface area (Å²) in [5.41, 5.74) is 0. The summed E-state index contributed by atoms with van der Waals surface area (Å²) in [7, 11) is -3.43. The monoisotopic (exact) mass is 818 g/mol. The Kier molecular flexibility index (Phi) is 20.1. The van der Waals surface area contributed by atoms with Crippen molar-refractivity contribution in [3.05, 3.63) is 157 Å². The van der Waals surface area contributed by atoms with Crippen molar-refractivity contribution in [2.75, 3.05) is 0 Å². The molecule has 0 heterocycles. The van der Waals surface area contributed by atoms with Crippen LogP contribution in [0.5, 0.6) is 0 Å². The Morgan fingerprint density at radius 3 is 1.08 bits per heavy atom. The second-order valence-electron chi connectivity index (χ2n) is 11.2. The van der Waals surface area contributed by atoms with E-state index in [-0.39, 0.29) is 0 Å². The van der Waals surface area contributed by atoms with Crippen LogP contribution >= 0.6 is 73.2 Å². The molecular formula is C43H46O2S7. The van der Waals surface area contributed by atoms with Gasteiger partial charge in [-0.3, -0.25) is 0 Å². The lowest BCUT2D eigenvalue weighted by Crippen LogP contribution is -2.04. The highest BCUT2D eigenvalue weighted by molar-refractivity contribution is 8.00. The summed E-state index contributed by atoms with van der Waals surface area (Å²) in [4.78, 5) is 10.6. The summed E-state index contributed by atoms with van der Waals surface area (Å²) in [5, 5.41) is 0. The molecule has 0 aliphatic heterocycles. The summed E-state index contributed by atoms with van der Waals surface area (Å²) in [6, 6.07) is 39.9. The topological polar surface area (TPSA) is 34.1 Å². The van der Waals surface area contributed by atoms with Gasteiger partial charge in [-0.15, -0.1) is 37.9 Å². The Bertz CT molecular complexity index is 1920. The first-order chi connectivity index (χ1) is 25.1. The van der Waals surface area contributed by atoms with Gasteiger partial charge in [0.25, 0.3) is 0 Å². The van der Waals surface area contributed by atoms with Crippen LogP contribution in [0.4, 0.5) is 0 Å². The third-order valence-corrected chi connectivity index (χ3v) is 12.5. The van der Waals surface area contributed by atoms with E-state index in [1.165, 1.54) is 26.0 Å². The SMILES string of the molecule is CC=CC.CCC.O=S(=O)(C1=CCCC=C1)c1ccc(Sc2ccc(Sc3ccc(S)cc3)cc2)cc1.Sc1ccc(Sc2ccc(S)cc2)cc1. The molecule has 5 aromatic carbocycles. The fraction of sp³-hybridized carbons (Fsp3) is 0.163. The number of benzene rings is 5. The Balaban J connectivity index is 0.000000275. The molecule has 1 aliphatic rings. The maximum absolute atomic E-state index is 12.7. The number of hydrogen-bond acceptors (Lipinski definition) is 8. The first kappa shape index (κ1) is 43.8. The average Bonchev–Trinajstić information content (AvgIpc) is 3.16. The zero-order valence-corrected chi connectivity index (χ0v) is 35.8. The van der Waals surface area contributed by atoms with Crippen molar-refractivity contribution in [1.82, 2.24) is 0 Å². The third kappa shape index (κ3) is 15.8.